The van der Waals surface area contributed by atoms with Crippen LogP contribution < -0.4 is 15.2 Å². The summed E-state index contributed by atoms with van der Waals surface area (Å²) in [6.07, 6.45) is 0. The molecular weight excluding hydrogens is 168 g/mol. The van der Waals surface area contributed by atoms with Crippen molar-refractivity contribution in [2.45, 2.75) is 0 Å². The largest absolute Gasteiger partial charge is 0.486 e. The van der Waals surface area contributed by atoms with Gasteiger partial charge in [0.2, 0.25) is 0 Å². The highest BCUT2D eigenvalue weighted by molar-refractivity contribution is 5.68. The van der Waals surface area contributed by atoms with Crippen LogP contribution >= 0.6 is 0 Å². The smallest absolute Gasteiger partial charge is 0.185 e. The van der Waals surface area contributed by atoms with Gasteiger partial charge in [0.25, 0.3) is 0 Å². The lowest BCUT2D eigenvalue weighted by atomic mass is 10.1. The van der Waals surface area contributed by atoms with E-state index in [0.29, 0.717) is 36.0 Å². The average molecular weight is 176 g/mol. The zero-order valence-corrected chi connectivity index (χ0v) is 6.91. The monoisotopic (exact) mass is 176 g/mol. The molecule has 0 aromatic heterocycles. The van der Waals surface area contributed by atoms with Crippen molar-refractivity contribution in [3.63, 3.8) is 0 Å². The third-order valence-corrected chi connectivity index (χ3v) is 1.87. The normalized spacial score (nSPS) is 13.5. The molecule has 4 heteroatoms. The summed E-state index contributed by atoms with van der Waals surface area (Å²) >= 11 is 0. The fraction of sp³-hybridized carbons (Fsp3) is 0.222. The van der Waals surface area contributed by atoms with Crippen LogP contribution in [-0.2, 0) is 0 Å². The van der Waals surface area contributed by atoms with Crippen LogP contribution in [0, 0.1) is 11.3 Å². The Balaban J connectivity index is 2.56. The summed E-state index contributed by atoms with van der Waals surface area (Å²) in [6, 6.07) is 5.31. The van der Waals surface area contributed by atoms with Crippen molar-refractivity contribution in [1.29, 1.82) is 5.26 Å². The summed E-state index contributed by atoms with van der Waals surface area (Å²) in [5, 5.41) is 8.69. The molecule has 66 valence electrons. The number of nitrogen functional groups attached to an aromatic ring is 1. The summed E-state index contributed by atoms with van der Waals surface area (Å²) in [5.74, 6) is 1.10. The maximum Gasteiger partial charge on any atom is 0.185 e. The van der Waals surface area contributed by atoms with Gasteiger partial charge < -0.3 is 15.2 Å². The average Bonchev–Trinajstić information content (AvgIpc) is 2.19. The molecule has 0 saturated heterocycles. The minimum Gasteiger partial charge on any atom is -0.486 e. The van der Waals surface area contributed by atoms with E-state index < -0.39 is 0 Å². The van der Waals surface area contributed by atoms with Crippen molar-refractivity contribution in [3.05, 3.63) is 17.7 Å². The highest BCUT2D eigenvalue weighted by Crippen LogP contribution is 2.37. The molecule has 0 amide bonds. The number of nitriles is 1. The topological polar surface area (TPSA) is 68.3 Å². The van der Waals surface area contributed by atoms with Gasteiger partial charge in [-0.2, -0.15) is 5.26 Å². The van der Waals surface area contributed by atoms with Crippen molar-refractivity contribution in [2.75, 3.05) is 18.9 Å². The number of hydrogen-bond donors (Lipinski definition) is 1. The molecule has 1 aromatic rings. The minimum atomic E-state index is 0.361. The molecule has 0 atom stereocenters. The zero-order valence-electron chi connectivity index (χ0n) is 6.91. The Bertz CT molecular complexity index is 382. The summed E-state index contributed by atoms with van der Waals surface area (Å²) in [7, 11) is 0. The maximum atomic E-state index is 8.69. The van der Waals surface area contributed by atoms with E-state index in [0.717, 1.165) is 0 Å². The van der Waals surface area contributed by atoms with Crippen molar-refractivity contribution in [3.8, 4) is 17.6 Å². The van der Waals surface area contributed by atoms with Crippen LogP contribution in [0.5, 0.6) is 11.5 Å². The van der Waals surface area contributed by atoms with Gasteiger partial charge in [0.1, 0.15) is 19.3 Å². The second-order valence-electron chi connectivity index (χ2n) is 2.66. The van der Waals surface area contributed by atoms with Gasteiger partial charge in [0.05, 0.1) is 11.3 Å². The highest BCUT2D eigenvalue weighted by atomic mass is 16.6. The first-order chi connectivity index (χ1) is 6.33. The molecule has 0 radical (unpaired) electrons. The second-order valence-corrected chi connectivity index (χ2v) is 2.66. The lowest BCUT2D eigenvalue weighted by Gasteiger charge is -2.19. The summed E-state index contributed by atoms with van der Waals surface area (Å²) in [6.45, 7) is 1.00. The lowest BCUT2D eigenvalue weighted by molar-refractivity contribution is 0.172. The SMILES string of the molecule is N#Cc1ccc2c(c1N)OCCO2. The van der Waals surface area contributed by atoms with Gasteiger partial charge in [-0.1, -0.05) is 0 Å². The molecule has 4 nitrogen and oxygen atoms in total. The number of nitrogens with zero attached hydrogens (tertiary/aromatic N) is 1. The van der Waals surface area contributed by atoms with Crippen LogP contribution in [0.15, 0.2) is 12.1 Å². The first-order valence-corrected chi connectivity index (χ1v) is 3.91. The van der Waals surface area contributed by atoms with Crippen LogP contribution in [0.3, 0.4) is 0 Å². The molecule has 1 heterocycles. The Kier molecular flexibility index (Phi) is 1.71. The van der Waals surface area contributed by atoms with Crippen molar-refractivity contribution < 1.29 is 9.47 Å². The zero-order chi connectivity index (χ0) is 9.26. The van der Waals surface area contributed by atoms with E-state index in [1.54, 1.807) is 12.1 Å². The van der Waals surface area contributed by atoms with E-state index >= 15 is 0 Å². The van der Waals surface area contributed by atoms with Gasteiger partial charge in [-0.3, -0.25) is 0 Å². The van der Waals surface area contributed by atoms with Gasteiger partial charge in [0.15, 0.2) is 11.5 Å². The molecule has 0 fully saturated rings. The Morgan fingerprint density at radius 1 is 1.31 bits per heavy atom. The predicted molar refractivity (Wildman–Crippen MR) is 46.6 cm³/mol. The number of rotatable bonds is 0. The number of anilines is 1. The van der Waals surface area contributed by atoms with E-state index in [9.17, 15) is 0 Å². The van der Waals surface area contributed by atoms with Crippen LogP contribution in [0.4, 0.5) is 5.69 Å². The maximum absolute atomic E-state index is 8.69. The van der Waals surface area contributed by atoms with E-state index in [4.69, 9.17) is 20.5 Å². The fourth-order valence-electron chi connectivity index (χ4n) is 1.23. The Labute approximate surface area is 75.5 Å². The summed E-state index contributed by atoms with van der Waals surface area (Å²) < 4.78 is 10.6. The molecule has 0 spiro atoms. The summed E-state index contributed by atoms with van der Waals surface area (Å²) in [4.78, 5) is 0. The van der Waals surface area contributed by atoms with Crippen molar-refractivity contribution in [1.82, 2.24) is 0 Å². The standard InChI is InChI=1S/C9H8N2O2/c10-5-6-1-2-7-9(8(6)11)13-4-3-12-7/h1-2H,3-4,11H2. The van der Waals surface area contributed by atoms with Crippen molar-refractivity contribution >= 4 is 5.69 Å². The number of ether oxygens (including phenoxy) is 2. The van der Waals surface area contributed by atoms with Crippen LogP contribution in [0.25, 0.3) is 0 Å². The quantitative estimate of drug-likeness (QED) is 0.596. The van der Waals surface area contributed by atoms with Gasteiger partial charge in [0, 0.05) is 0 Å². The van der Waals surface area contributed by atoms with Crippen LogP contribution in [0.2, 0.25) is 0 Å². The van der Waals surface area contributed by atoms with E-state index in [2.05, 4.69) is 0 Å². The highest BCUT2D eigenvalue weighted by Gasteiger charge is 2.16. The first kappa shape index (κ1) is 7.74. The van der Waals surface area contributed by atoms with Gasteiger partial charge in [-0.05, 0) is 12.1 Å². The number of fused-ring (bicyclic) bond motifs is 1. The van der Waals surface area contributed by atoms with Gasteiger partial charge in [-0.25, -0.2) is 0 Å². The third kappa shape index (κ3) is 1.14. The molecule has 0 unspecified atom stereocenters. The molecule has 1 aliphatic rings. The first-order valence-electron chi connectivity index (χ1n) is 3.91. The third-order valence-electron chi connectivity index (χ3n) is 1.87. The Morgan fingerprint density at radius 2 is 2.08 bits per heavy atom. The Morgan fingerprint density at radius 3 is 2.85 bits per heavy atom. The van der Waals surface area contributed by atoms with E-state index in [1.807, 2.05) is 6.07 Å². The van der Waals surface area contributed by atoms with E-state index in [-0.39, 0.29) is 0 Å². The van der Waals surface area contributed by atoms with Crippen LogP contribution in [0.1, 0.15) is 5.56 Å². The molecule has 2 N–H and O–H groups in total. The molecule has 13 heavy (non-hydrogen) atoms. The number of nitrogens with two attached hydrogens (primary N) is 1. The Hall–Kier alpha value is -1.89. The number of benzene rings is 1. The molecule has 0 saturated carbocycles. The van der Waals surface area contributed by atoms with Gasteiger partial charge >= 0.3 is 0 Å². The van der Waals surface area contributed by atoms with Crippen molar-refractivity contribution in [2.24, 2.45) is 0 Å². The molecule has 0 aliphatic carbocycles. The van der Waals surface area contributed by atoms with E-state index in [1.165, 1.54) is 0 Å². The molecule has 1 aromatic carbocycles. The minimum absolute atomic E-state index is 0.361. The number of hydrogen-bond acceptors (Lipinski definition) is 4. The van der Waals surface area contributed by atoms with Gasteiger partial charge in [-0.15, -0.1) is 0 Å². The molecular formula is C9H8N2O2. The van der Waals surface area contributed by atoms with Crippen LogP contribution in [-0.4, -0.2) is 13.2 Å². The summed E-state index contributed by atoms with van der Waals surface area (Å²) in [5.41, 5.74) is 6.47. The second kappa shape index (κ2) is 2.87. The molecule has 0 bridgehead atoms. The predicted octanol–water partition coefficient (Wildman–Crippen LogP) is 0.912. The molecule has 2 rings (SSSR count). The molecule has 1 aliphatic heterocycles. The fourth-order valence-corrected chi connectivity index (χ4v) is 1.23. The lowest BCUT2D eigenvalue weighted by Crippen LogP contribution is -2.16.